The van der Waals surface area contributed by atoms with Gasteiger partial charge in [0, 0.05) is 12.4 Å². The molecule has 2 aromatic heterocycles. The zero-order valence-electron chi connectivity index (χ0n) is 9.95. The maximum Gasteiger partial charge on any atom is 0.323 e. The molecule has 0 saturated carbocycles. The molecule has 2 rings (SSSR count). The van der Waals surface area contributed by atoms with Crippen molar-refractivity contribution in [2.24, 2.45) is 0 Å². The van der Waals surface area contributed by atoms with E-state index in [1.54, 1.807) is 17.0 Å². The van der Waals surface area contributed by atoms with E-state index in [-0.39, 0.29) is 18.1 Å². The lowest BCUT2D eigenvalue weighted by molar-refractivity contribution is 0.221. The summed E-state index contributed by atoms with van der Waals surface area (Å²) in [6, 6.07) is 0.218. The van der Waals surface area contributed by atoms with Gasteiger partial charge in [-0.25, -0.2) is 4.98 Å². The van der Waals surface area contributed by atoms with Crippen molar-refractivity contribution in [3.05, 3.63) is 18.2 Å². The normalized spacial score (nSPS) is 10.8. The quantitative estimate of drug-likeness (QED) is 0.841. The van der Waals surface area contributed by atoms with E-state index in [0.29, 0.717) is 5.95 Å². The minimum atomic E-state index is -0.0199. The highest BCUT2D eigenvalue weighted by molar-refractivity contribution is 5.26. The fraction of sp³-hybridized carbons (Fsp3) is 0.400. The molecular formula is C10H14N6O. The van der Waals surface area contributed by atoms with Crippen LogP contribution in [0.5, 0.6) is 6.01 Å². The Hall–Kier alpha value is -2.18. The number of aryl methyl sites for hydroxylation is 1. The fourth-order valence-electron chi connectivity index (χ4n) is 1.32. The summed E-state index contributed by atoms with van der Waals surface area (Å²) in [5.41, 5.74) is 5.62. The van der Waals surface area contributed by atoms with E-state index in [1.807, 2.05) is 20.8 Å². The first-order chi connectivity index (χ1) is 8.06. The second-order valence-electron chi connectivity index (χ2n) is 3.79. The van der Waals surface area contributed by atoms with E-state index >= 15 is 0 Å². The summed E-state index contributed by atoms with van der Waals surface area (Å²) in [6.07, 6.45) is 3.40. The number of imidazole rings is 1. The minimum absolute atomic E-state index is 0.0199. The molecule has 2 N–H and O–H groups in total. The molecule has 0 bridgehead atoms. The van der Waals surface area contributed by atoms with Gasteiger partial charge < -0.3 is 10.5 Å². The molecule has 7 nitrogen and oxygen atoms in total. The molecule has 0 atom stereocenters. The summed E-state index contributed by atoms with van der Waals surface area (Å²) < 4.78 is 7.11. The third kappa shape index (κ3) is 2.49. The summed E-state index contributed by atoms with van der Waals surface area (Å²) >= 11 is 0. The average Bonchev–Trinajstić information content (AvgIpc) is 2.62. The van der Waals surface area contributed by atoms with Gasteiger partial charge in [-0.05, 0) is 20.8 Å². The molecule has 0 aliphatic heterocycles. The first-order valence-corrected chi connectivity index (χ1v) is 5.25. The molecule has 90 valence electrons. The third-order valence-corrected chi connectivity index (χ3v) is 2.00. The van der Waals surface area contributed by atoms with Crippen molar-refractivity contribution in [3.8, 4) is 12.0 Å². The van der Waals surface area contributed by atoms with Crippen LogP contribution >= 0.6 is 0 Å². The minimum Gasteiger partial charge on any atom is -0.461 e. The van der Waals surface area contributed by atoms with Crippen LogP contribution in [0.2, 0.25) is 0 Å². The maximum absolute atomic E-state index is 5.62. The van der Waals surface area contributed by atoms with Crippen molar-refractivity contribution < 1.29 is 4.74 Å². The fourth-order valence-corrected chi connectivity index (χ4v) is 1.32. The van der Waals surface area contributed by atoms with Gasteiger partial charge in [-0.2, -0.15) is 15.0 Å². The number of nitrogens with zero attached hydrogens (tertiary/aromatic N) is 5. The van der Waals surface area contributed by atoms with Gasteiger partial charge in [0.15, 0.2) is 0 Å². The number of hydrogen-bond acceptors (Lipinski definition) is 6. The molecule has 0 fully saturated rings. The smallest absolute Gasteiger partial charge is 0.323 e. The molecule has 0 radical (unpaired) electrons. The predicted molar refractivity (Wildman–Crippen MR) is 61.9 cm³/mol. The van der Waals surface area contributed by atoms with Gasteiger partial charge in [-0.3, -0.25) is 4.57 Å². The lowest BCUT2D eigenvalue weighted by Crippen LogP contribution is -2.13. The molecule has 2 aromatic rings. The SMILES string of the molecule is Cc1nccn1-c1nc(N)nc(OC(C)C)n1. The van der Waals surface area contributed by atoms with Gasteiger partial charge in [0.25, 0.3) is 0 Å². The number of anilines is 1. The molecule has 17 heavy (non-hydrogen) atoms. The van der Waals surface area contributed by atoms with Gasteiger partial charge in [-0.1, -0.05) is 0 Å². The monoisotopic (exact) mass is 234 g/mol. The molecule has 0 unspecified atom stereocenters. The van der Waals surface area contributed by atoms with E-state index in [1.165, 1.54) is 0 Å². The number of ether oxygens (including phenoxy) is 1. The van der Waals surface area contributed by atoms with Crippen molar-refractivity contribution in [2.45, 2.75) is 26.9 Å². The van der Waals surface area contributed by atoms with E-state index in [4.69, 9.17) is 10.5 Å². The van der Waals surface area contributed by atoms with Gasteiger partial charge in [0.2, 0.25) is 11.9 Å². The van der Waals surface area contributed by atoms with Gasteiger partial charge in [0.1, 0.15) is 5.82 Å². The van der Waals surface area contributed by atoms with Crippen molar-refractivity contribution in [1.82, 2.24) is 24.5 Å². The summed E-state index contributed by atoms with van der Waals surface area (Å²) in [6.45, 7) is 5.63. The zero-order chi connectivity index (χ0) is 12.4. The van der Waals surface area contributed by atoms with Crippen LogP contribution in [0.25, 0.3) is 5.95 Å². The van der Waals surface area contributed by atoms with Crippen LogP contribution in [0.3, 0.4) is 0 Å². The Morgan fingerprint density at radius 1 is 1.29 bits per heavy atom. The van der Waals surface area contributed by atoms with E-state index in [2.05, 4.69) is 19.9 Å². The Morgan fingerprint density at radius 3 is 2.65 bits per heavy atom. The highest BCUT2D eigenvalue weighted by Crippen LogP contribution is 2.11. The number of aromatic nitrogens is 5. The highest BCUT2D eigenvalue weighted by Gasteiger charge is 2.10. The van der Waals surface area contributed by atoms with E-state index in [0.717, 1.165) is 5.82 Å². The van der Waals surface area contributed by atoms with Crippen molar-refractivity contribution >= 4 is 5.95 Å². The van der Waals surface area contributed by atoms with Crippen LogP contribution in [0, 0.1) is 6.92 Å². The molecule has 0 spiro atoms. The summed E-state index contributed by atoms with van der Waals surface area (Å²) in [7, 11) is 0. The molecule has 0 aliphatic carbocycles. The van der Waals surface area contributed by atoms with Crippen LogP contribution in [0.1, 0.15) is 19.7 Å². The average molecular weight is 234 g/mol. The molecule has 0 aromatic carbocycles. The largest absolute Gasteiger partial charge is 0.461 e. The number of nitrogens with two attached hydrogens (primary N) is 1. The van der Waals surface area contributed by atoms with Crippen LogP contribution in [0.15, 0.2) is 12.4 Å². The lowest BCUT2D eigenvalue weighted by atomic mass is 10.5. The molecule has 2 heterocycles. The predicted octanol–water partition coefficient (Wildman–Crippen LogP) is 0.735. The van der Waals surface area contributed by atoms with E-state index < -0.39 is 0 Å². The Kier molecular flexibility index (Phi) is 2.90. The Bertz CT molecular complexity index is 521. The first kappa shape index (κ1) is 11.3. The summed E-state index contributed by atoms with van der Waals surface area (Å²) in [5, 5.41) is 0. The molecule has 0 saturated heterocycles. The topological polar surface area (TPSA) is 91.7 Å². The summed E-state index contributed by atoms with van der Waals surface area (Å²) in [5.74, 6) is 1.30. The second-order valence-corrected chi connectivity index (χ2v) is 3.79. The van der Waals surface area contributed by atoms with Crippen LogP contribution in [-0.2, 0) is 0 Å². The van der Waals surface area contributed by atoms with Crippen molar-refractivity contribution in [2.75, 3.05) is 5.73 Å². The Labute approximate surface area is 98.7 Å². The second kappa shape index (κ2) is 4.36. The summed E-state index contributed by atoms with van der Waals surface area (Å²) in [4.78, 5) is 16.2. The number of rotatable bonds is 3. The molecule has 0 aliphatic rings. The molecule has 7 heteroatoms. The molecular weight excluding hydrogens is 220 g/mol. The first-order valence-electron chi connectivity index (χ1n) is 5.25. The van der Waals surface area contributed by atoms with Crippen LogP contribution < -0.4 is 10.5 Å². The van der Waals surface area contributed by atoms with Crippen LogP contribution in [-0.4, -0.2) is 30.6 Å². The van der Waals surface area contributed by atoms with Gasteiger partial charge in [-0.15, -0.1) is 0 Å². The van der Waals surface area contributed by atoms with Crippen LogP contribution in [0.4, 0.5) is 5.95 Å². The Balaban J connectivity index is 2.42. The Morgan fingerprint density at radius 2 is 2.06 bits per heavy atom. The van der Waals surface area contributed by atoms with Gasteiger partial charge >= 0.3 is 6.01 Å². The zero-order valence-corrected chi connectivity index (χ0v) is 9.95. The maximum atomic E-state index is 5.62. The van der Waals surface area contributed by atoms with E-state index in [9.17, 15) is 0 Å². The third-order valence-electron chi connectivity index (χ3n) is 2.00. The van der Waals surface area contributed by atoms with Crippen molar-refractivity contribution in [1.29, 1.82) is 0 Å². The standard InChI is InChI=1S/C10H14N6O/c1-6(2)17-10-14-8(11)13-9(15-10)16-5-4-12-7(16)3/h4-6H,1-3H3,(H2,11,13,14,15). The lowest BCUT2D eigenvalue weighted by Gasteiger charge is -2.09. The van der Waals surface area contributed by atoms with Crippen molar-refractivity contribution in [3.63, 3.8) is 0 Å². The van der Waals surface area contributed by atoms with Gasteiger partial charge in [0.05, 0.1) is 6.10 Å². The number of hydrogen-bond donors (Lipinski definition) is 1. The highest BCUT2D eigenvalue weighted by atomic mass is 16.5. The molecule has 0 amide bonds. The number of nitrogen functional groups attached to an aromatic ring is 1.